The Balaban J connectivity index is 2.40. The maximum absolute atomic E-state index is 12.2. The zero-order valence-corrected chi connectivity index (χ0v) is 10.1. The molecule has 1 aromatic heterocycles. The van der Waals surface area contributed by atoms with Gasteiger partial charge >= 0.3 is 5.97 Å². The number of aliphatic carboxylic acids is 1. The Kier molecular flexibility index (Phi) is 2.92. The Bertz CT molecular complexity index is 536. The molecule has 2 rings (SSSR count). The molecule has 7 nitrogen and oxygen atoms in total. The molecule has 8 heteroatoms. The molecule has 0 amide bonds. The summed E-state index contributed by atoms with van der Waals surface area (Å²) in [5.74, 6) is -1.11. The number of carbonyl (C=O) groups is 1. The predicted octanol–water partition coefficient (Wildman–Crippen LogP) is -0.342. The van der Waals surface area contributed by atoms with Crippen molar-refractivity contribution in [1.82, 2.24) is 13.9 Å². The monoisotopic (exact) mass is 259 g/mol. The quantitative estimate of drug-likeness (QED) is 0.801. The van der Waals surface area contributed by atoms with Gasteiger partial charge in [0.2, 0.25) is 5.16 Å². The maximum atomic E-state index is 12.2. The molecule has 0 spiro atoms. The summed E-state index contributed by atoms with van der Waals surface area (Å²) in [5, 5.41) is 8.86. The van der Waals surface area contributed by atoms with Gasteiger partial charge in [-0.1, -0.05) is 0 Å². The second-order valence-electron chi connectivity index (χ2n) is 3.93. The van der Waals surface area contributed by atoms with Crippen molar-refractivity contribution < 1.29 is 18.3 Å². The van der Waals surface area contributed by atoms with Crippen LogP contribution in [0.25, 0.3) is 0 Å². The maximum Gasteiger partial charge on any atom is 0.322 e. The Morgan fingerprint density at radius 1 is 1.59 bits per heavy atom. The van der Waals surface area contributed by atoms with Crippen molar-refractivity contribution in [3.63, 3.8) is 0 Å². The van der Waals surface area contributed by atoms with Crippen LogP contribution in [0, 0.1) is 0 Å². The fourth-order valence-electron chi connectivity index (χ4n) is 1.98. The fourth-order valence-corrected chi connectivity index (χ4v) is 3.71. The van der Waals surface area contributed by atoms with E-state index in [0.717, 1.165) is 4.31 Å². The minimum absolute atomic E-state index is 0.120. The highest BCUT2D eigenvalue weighted by molar-refractivity contribution is 7.89. The van der Waals surface area contributed by atoms with E-state index in [4.69, 9.17) is 5.11 Å². The number of hydrogen-bond donors (Lipinski definition) is 1. The number of imidazole rings is 1. The number of sulfonamides is 1. The van der Waals surface area contributed by atoms with E-state index in [0.29, 0.717) is 12.8 Å². The van der Waals surface area contributed by atoms with Gasteiger partial charge in [0.25, 0.3) is 10.0 Å². The molecule has 0 saturated carbocycles. The Labute approximate surface area is 98.7 Å². The molecule has 0 aliphatic carbocycles. The van der Waals surface area contributed by atoms with Gasteiger partial charge in [0.15, 0.2) is 0 Å². The molecule has 1 N–H and O–H groups in total. The van der Waals surface area contributed by atoms with Gasteiger partial charge in [0.1, 0.15) is 6.04 Å². The molecule has 0 radical (unpaired) electrons. The van der Waals surface area contributed by atoms with Crippen molar-refractivity contribution in [3.8, 4) is 0 Å². The normalized spacial score (nSPS) is 21.8. The van der Waals surface area contributed by atoms with Crippen LogP contribution < -0.4 is 0 Å². The number of aryl methyl sites for hydroxylation is 1. The molecule has 1 aliphatic rings. The smallest absolute Gasteiger partial charge is 0.322 e. The van der Waals surface area contributed by atoms with Crippen LogP contribution in [0.3, 0.4) is 0 Å². The first-order chi connectivity index (χ1) is 7.94. The van der Waals surface area contributed by atoms with Crippen molar-refractivity contribution in [2.75, 3.05) is 6.54 Å². The molecule has 0 aromatic carbocycles. The van der Waals surface area contributed by atoms with Crippen molar-refractivity contribution >= 4 is 16.0 Å². The molecule has 1 aliphatic heterocycles. The third kappa shape index (κ3) is 1.93. The zero-order valence-electron chi connectivity index (χ0n) is 9.28. The van der Waals surface area contributed by atoms with Gasteiger partial charge in [-0.15, -0.1) is 0 Å². The van der Waals surface area contributed by atoms with Crippen molar-refractivity contribution in [2.24, 2.45) is 7.05 Å². The standard InChI is InChI=1S/C9H13N3O4S/c1-11-6-4-10-9(11)17(15,16)12-5-2-3-7(12)8(13)14/h4,6-7H,2-3,5H2,1H3,(H,13,14). The summed E-state index contributed by atoms with van der Waals surface area (Å²) in [7, 11) is -2.25. The van der Waals surface area contributed by atoms with Crippen LogP contribution in [-0.4, -0.2) is 45.9 Å². The summed E-state index contributed by atoms with van der Waals surface area (Å²) in [6.45, 7) is 0.228. The molecule has 2 heterocycles. The lowest BCUT2D eigenvalue weighted by Gasteiger charge is -2.20. The van der Waals surface area contributed by atoms with Gasteiger partial charge in [-0.05, 0) is 12.8 Å². The molecule has 94 valence electrons. The summed E-state index contributed by atoms with van der Waals surface area (Å²) in [6.07, 6.45) is 3.79. The van der Waals surface area contributed by atoms with Crippen LogP contribution in [-0.2, 0) is 21.9 Å². The Hall–Kier alpha value is -1.41. The number of carboxylic acids is 1. The van der Waals surface area contributed by atoms with Crippen LogP contribution >= 0.6 is 0 Å². The van der Waals surface area contributed by atoms with E-state index in [2.05, 4.69) is 4.98 Å². The molecule has 1 saturated heterocycles. The molecule has 1 unspecified atom stereocenters. The molecule has 0 bridgehead atoms. The highest BCUT2D eigenvalue weighted by Crippen LogP contribution is 2.24. The average Bonchev–Trinajstić information content (AvgIpc) is 2.84. The highest BCUT2D eigenvalue weighted by atomic mass is 32.2. The van der Waals surface area contributed by atoms with E-state index >= 15 is 0 Å². The fraction of sp³-hybridized carbons (Fsp3) is 0.556. The first-order valence-electron chi connectivity index (χ1n) is 5.16. The third-order valence-corrected chi connectivity index (χ3v) is 4.71. The topological polar surface area (TPSA) is 92.5 Å². The largest absolute Gasteiger partial charge is 0.480 e. The SMILES string of the molecule is Cn1ccnc1S(=O)(=O)N1CCCC1C(=O)O. The molecule has 1 atom stereocenters. The third-order valence-electron chi connectivity index (χ3n) is 2.81. The van der Waals surface area contributed by atoms with Gasteiger partial charge in [-0.2, -0.15) is 4.31 Å². The number of aromatic nitrogens is 2. The van der Waals surface area contributed by atoms with Crippen molar-refractivity contribution in [2.45, 2.75) is 24.0 Å². The van der Waals surface area contributed by atoms with Gasteiger partial charge in [-0.25, -0.2) is 13.4 Å². The molecular formula is C9H13N3O4S. The highest BCUT2D eigenvalue weighted by Gasteiger charge is 2.41. The first-order valence-corrected chi connectivity index (χ1v) is 6.60. The molecule has 17 heavy (non-hydrogen) atoms. The molecule has 1 aromatic rings. The van der Waals surface area contributed by atoms with E-state index in [-0.39, 0.29) is 11.7 Å². The van der Waals surface area contributed by atoms with Crippen LogP contribution in [0.15, 0.2) is 17.6 Å². The van der Waals surface area contributed by atoms with Gasteiger partial charge in [0, 0.05) is 26.0 Å². The minimum Gasteiger partial charge on any atom is -0.480 e. The average molecular weight is 259 g/mol. The Morgan fingerprint density at radius 2 is 2.29 bits per heavy atom. The lowest BCUT2D eigenvalue weighted by atomic mass is 10.2. The molecule has 1 fully saturated rings. The number of carboxylic acid groups (broad SMARTS) is 1. The molecular weight excluding hydrogens is 246 g/mol. The van der Waals surface area contributed by atoms with E-state index in [9.17, 15) is 13.2 Å². The minimum atomic E-state index is -3.82. The van der Waals surface area contributed by atoms with Crippen LogP contribution in [0.2, 0.25) is 0 Å². The van der Waals surface area contributed by atoms with Gasteiger partial charge < -0.3 is 9.67 Å². The van der Waals surface area contributed by atoms with Gasteiger partial charge in [-0.3, -0.25) is 4.79 Å². The second-order valence-corrected chi connectivity index (χ2v) is 5.72. The zero-order chi connectivity index (χ0) is 12.6. The summed E-state index contributed by atoms with van der Waals surface area (Å²) < 4.78 is 26.8. The summed E-state index contributed by atoms with van der Waals surface area (Å²) in [5.41, 5.74) is 0. The number of nitrogens with zero attached hydrogens (tertiary/aromatic N) is 3. The second kappa shape index (κ2) is 4.11. The van der Waals surface area contributed by atoms with E-state index < -0.39 is 22.0 Å². The number of rotatable bonds is 3. The van der Waals surface area contributed by atoms with Crippen LogP contribution in [0.1, 0.15) is 12.8 Å². The van der Waals surface area contributed by atoms with Crippen molar-refractivity contribution in [1.29, 1.82) is 0 Å². The number of hydrogen-bond acceptors (Lipinski definition) is 4. The summed E-state index contributed by atoms with van der Waals surface area (Å²) in [6, 6.07) is -0.975. The first kappa shape index (κ1) is 12.1. The summed E-state index contributed by atoms with van der Waals surface area (Å²) in [4.78, 5) is 14.7. The van der Waals surface area contributed by atoms with Crippen LogP contribution in [0.4, 0.5) is 0 Å². The predicted molar refractivity (Wildman–Crippen MR) is 57.8 cm³/mol. The summed E-state index contributed by atoms with van der Waals surface area (Å²) >= 11 is 0. The lowest BCUT2D eigenvalue weighted by Crippen LogP contribution is -2.41. The Morgan fingerprint density at radius 3 is 2.82 bits per heavy atom. The van der Waals surface area contributed by atoms with E-state index in [1.54, 1.807) is 7.05 Å². The van der Waals surface area contributed by atoms with E-state index in [1.165, 1.54) is 17.0 Å². The van der Waals surface area contributed by atoms with Gasteiger partial charge in [0.05, 0.1) is 0 Å². The van der Waals surface area contributed by atoms with Crippen LogP contribution in [0.5, 0.6) is 0 Å². The lowest BCUT2D eigenvalue weighted by molar-refractivity contribution is -0.140. The van der Waals surface area contributed by atoms with Crippen molar-refractivity contribution in [3.05, 3.63) is 12.4 Å². The van der Waals surface area contributed by atoms with E-state index in [1.807, 2.05) is 0 Å².